The third-order valence-electron chi connectivity index (χ3n) is 6.15. The van der Waals surface area contributed by atoms with Gasteiger partial charge in [-0.3, -0.25) is 0 Å². The summed E-state index contributed by atoms with van der Waals surface area (Å²) in [7, 11) is 0. The first-order chi connectivity index (χ1) is 14.8. The van der Waals surface area contributed by atoms with E-state index >= 15 is 0 Å². The van der Waals surface area contributed by atoms with Gasteiger partial charge in [-0.15, -0.1) is 5.10 Å². The summed E-state index contributed by atoms with van der Waals surface area (Å²) in [6, 6.07) is 5.45. The Morgan fingerprint density at radius 1 is 1.26 bits per heavy atom. The van der Waals surface area contributed by atoms with Crippen LogP contribution in [0, 0.1) is 18.8 Å². The second-order valence-electron chi connectivity index (χ2n) is 8.36. The van der Waals surface area contributed by atoms with Gasteiger partial charge >= 0.3 is 6.18 Å². The number of halogens is 3. The summed E-state index contributed by atoms with van der Waals surface area (Å²) in [6.45, 7) is 4.88. The van der Waals surface area contributed by atoms with Crippen LogP contribution in [0.1, 0.15) is 25.5 Å². The van der Waals surface area contributed by atoms with Gasteiger partial charge in [0.05, 0.1) is 5.69 Å². The molecule has 1 saturated heterocycles. The molecule has 11 heteroatoms. The number of hydrogen-bond acceptors (Lipinski definition) is 7. The SMILES string of the molecule is Cc1cc(N2C[C@H]3CC[C@@H](C2)C3Nc2nc3c(OC(C)C(F)(F)F)cccn3n2)sn1. The van der Waals surface area contributed by atoms with Crippen molar-refractivity contribution in [2.24, 2.45) is 11.8 Å². The molecule has 2 unspecified atom stereocenters. The van der Waals surface area contributed by atoms with E-state index in [1.807, 2.05) is 6.92 Å². The molecule has 2 bridgehead atoms. The van der Waals surface area contributed by atoms with Gasteiger partial charge in [0.2, 0.25) is 5.95 Å². The molecule has 3 aromatic rings. The van der Waals surface area contributed by atoms with Crippen LogP contribution in [0.3, 0.4) is 0 Å². The second kappa shape index (κ2) is 7.54. The normalized spacial score (nSPS) is 24.5. The Kier molecular flexibility index (Phi) is 4.95. The zero-order valence-corrected chi connectivity index (χ0v) is 18.0. The highest BCUT2D eigenvalue weighted by molar-refractivity contribution is 7.10. The monoisotopic (exact) mass is 452 g/mol. The standard InChI is InChI=1S/C20H23F3N6OS/c1-11-8-16(31-27-11)28-9-13-5-6-14(10-28)17(13)24-19-25-18-15(4-3-7-29(18)26-19)30-12(2)20(21,22)23/h3-4,7-8,12-14,17H,5-6,9-10H2,1-2H3,(H,24,26)/t12?,13-,14+,17?. The zero-order valence-electron chi connectivity index (χ0n) is 17.1. The van der Waals surface area contributed by atoms with E-state index in [9.17, 15) is 13.2 Å². The Bertz CT molecular complexity index is 1070. The highest BCUT2D eigenvalue weighted by Crippen LogP contribution is 2.41. The summed E-state index contributed by atoms with van der Waals surface area (Å²) in [5.74, 6) is 1.38. The van der Waals surface area contributed by atoms with Crippen molar-refractivity contribution >= 4 is 28.1 Å². The first-order valence-corrected chi connectivity index (χ1v) is 11.1. The molecule has 1 saturated carbocycles. The smallest absolute Gasteiger partial charge is 0.425 e. The van der Waals surface area contributed by atoms with Crippen LogP contribution in [0.15, 0.2) is 24.4 Å². The van der Waals surface area contributed by atoms with Crippen LogP contribution in [-0.4, -0.2) is 50.4 Å². The molecule has 166 valence electrons. The van der Waals surface area contributed by atoms with Crippen molar-refractivity contribution in [1.82, 2.24) is 19.0 Å². The summed E-state index contributed by atoms with van der Waals surface area (Å²) in [5, 5.41) is 9.09. The molecule has 31 heavy (non-hydrogen) atoms. The van der Waals surface area contributed by atoms with Gasteiger partial charge in [-0.2, -0.15) is 22.5 Å². The first kappa shape index (κ1) is 20.3. The Labute approximate surface area is 181 Å². The lowest BCUT2D eigenvalue weighted by Gasteiger charge is -2.38. The number of aryl methyl sites for hydroxylation is 1. The Morgan fingerprint density at radius 3 is 2.65 bits per heavy atom. The summed E-state index contributed by atoms with van der Waals surface area (Å²) in [4.78, 5) is 6.86. The quantitative estimate of drug-likeness (QED) is 0.627. The minimum absolute atomic E-state index is 0.0613. The number of ether oxygens (including phenoxy) is 1. The third kappa shape index (κ3) is 3.90. The number of nitrogens with zero attached hydrogens (tertiary/aromatic N) is 5. The molecule has 1 aliphatic carbocycles. The third-order valence-corrected chi connectivity index (χ3v) is 7.09. The topological polar surface area (TPSA) is 67.6 Å². The van der Waals surface area contributed by atoms with E-state index in [-0.39, 0.29) is 17.4 Å². The molecular formula is C20H23F3N6OS. The van der Waals surface area contributed by atoms with Gasteiger partial charge in [-0.25, -0.2) is 4.52 Å². The van der Waals surface area contributed by atoms with Crippen molar-refractivity contribution in [2.75, 3.05) is 23.3 Å². The van der Waals surface area contributed by atoms with Gasteiger partial charge in [0.1, 0.15) is 5.00 Å². The summed E-state index contributed by atoms with van der Waals surface area (Å²) < 4.78 is 49.7. The maximum absolute atomic E-state index is 12.9. The predicted octanol–water partition coefficient (Wildman–Crippen LogP) is 4.15. The van der Waals surface area contributed by atoms with Crippen LogP contribution in [0.4, 0.5) is 24.1 Å². The number of rotatable bonds is 5. The average Bonchev–Trinajstić information content (AvgIpc) is 3.38. The Morgan fingerprint density at radius 2 is 2.00 bits per heavy atom. The molecule has 1 aliphatic heterocycles. The average molecular weight is 453 g/mol. The van der Waals surface area contributed by atoms with E-state index < -0.39 is 12.3 Å². The van der Waals surface area contributed by atoms with Crippen molar-refractivity contribution < 1.29 is 17.9 Å². The first-order valence-electron chi connectivity index (χ1n) is 10.3. The maximum Gasteiger partial charge on any atom is 0.425 e. The fourth-order valence-corrected chi connectivity index (χ4v) is 5.36. The van der Waals surface area contributed by atoms with E-state index in [0.717, 1.165) is 38.5 Å². The number of anilines is 2. The van der Waals surface area contributed by atoms with Crippen molar-refractivity contribution in [3.8, 4) is 5.75 Å². The van der Waals surface area contributed by atoms with Crippen LogP contribution in [0.2, 0.25) is 0 Å². The van der Waals surface area contributed by atoms with Gasteiger partial charge in [0.25, 0.3) is 0 Å². The van der Waals surface area contributed by atoms with Crippen LogP contribution >= 0.6 is 11.5 Å². The fourth-order valence-electron chi connectivity index (χ4n) is 4.58. The molecule has 3 aromatic heterocycles. The molecule has 2 aliphatic rings. The molecular weight excluding hydrogens is 429 g/mol. The Hall–Kier alpha value is -2.56. The molecule has 4 heterocycles. The van der Waals surface area contributed by atoms with Crippen molar-refractivity contribution in [3.63, 3.8) is 0 Å². The minimum atomic E-state index is -4.45. The molecule has 7 nitrogen and oxygen atoms in total. The van der Waals surface area contributed by atoms with Crippen molar-refractivity contribution in [3.05, 3.63) is 30.1 Å². The summed E-state index contributed by atoms with van der Waals surface area (Å²) in [5.41, 5.74) is 1.31. The zero-order chi connectivity index (χ0) is 21.8. The highest BCUT2D eigenvalue weighted by Gasteiger charge is 2.43. The molecule has 4 atom stereocenters. The molecule has 0 aromatic carbocycles. The Balaban J connectivity index is 1.33. The van der Waals surface area contributed by atoms with Crippen LogP contribution < -0.4 is 15.0 Å². The van der Waals surface area contributed by atoms with Crippen LogP contribution in [0.5, 0.6) is 5.75 Å². The fraction of sp³-hybridized carbons (Fsp3) is 0.550. The van der Waals surface area contributed by atoms with Gasteiger partial charge in [-0.05, 0) is 68.3 Å². The summed E-state index contributed by atoms with van der Waals surface area (Å²) in [6.07, 6.45) is -2.47. The molecule has 5 rings (SSSR count). The number of hydrogen-bond donors (Lipinski definition) is 1. The second-order valence-corrected chi connectivity index (χ2v) is 9.14. The lowest BCUT2D eigenvalue weighted by molar-refractivity contribution is -0.189. The molecule has 0 amide bonds. The predicted molar refractivity (Wildman–Crippen MR) is 112 cm³/mol. The highest BCUT2D eigenvalue weighted by atomic mass is 32.1. The summed E-state index contributed by atoms with van der Waals surface area (Å²) >= 11 is 1.54. The van der Waals surface area contributed by atoms with Crippen LogP contribution in [-0.2, 0) is 0 Å². The molecule has 0 radical (unpaired) electrons. The van der Waals surface area contributed by atoms with Gasteiger partial charge < -0.3 is 15.0 Å². The number of pyridine rings is 1. The van der Waals surface area contributed by atoms with Crippen molar-refractivity contribution in [1.29, 1.82) is 0 Å². The lowest BCUT2D eigenvalue weighted by atomic mass is 9.92. The number of fused-ring (bicyclic) bond motifs is 3. The van der Waals surface area contributed by atoms with Crippen LogP contribution in [0.25, 0.3) is 5.65 Å². The number of nitrogens with one attached hydrogen (secondary N) is 1. The minimum Gasteiger partial charge on any atom is -0.477 e. The molecule has 1 N–H and O–H groups in total. The number of piperidine rings is 1. The largest absolute Gasteiger partial charge is 0.477 e. The maximum atomic E-state index is 12.9. The molecule has 2 fully saturated rings. The van der Waals surface area contributed by atoms with E-state index in [1.54, 1.807) is 12.3 Å². The van der Waals surface area contributed by atoms with E-state index in [1.165, 1.54) is 27.1 Å². The van der Waals surface area contributed by atoms with Crippen molar-refractivity contribution in [2.45, 2.75) is 45.0 Å². The molecule has 0 spiro atoms. The lowest BCUT2D eigenvalue weighted by Crippen LogP contribution is -2.48. The number of aromatic nitrogens is 4. The number of alkyl halides is 3. The van der Waals surface area contributed by atoms with Gasteiger partial charge in [0, 0.05) is 25.3 Å². The van der Waals surface area contributed by atoms with E-state index in [2.05, 4.69) is 30.7 Å². The van der Waals surface area contributed by atoms with E-state index in [4.69, 9.17) is 4.74 Å². The van der Waals surface area contributed by atoms with Gasteiger partial charge in [0.15, 0.2) is 17.5 Å². The van der Waals surface area contributed by atoms with Gasteiger partial charge in [-0.1, -0.05) is 0 Å². The van der Waals surface area contributed by atoms with E-state index in [0.29, 0.717) is 17.8 Å².